The summed E-state index contributed by atoms with van der Waals surface area (Å²) in [6.45, 7) is 5.47. The molecule has 0 unspecified atom stereocenters. The van der Waals surface area contributed by atoms with Gasteiger partial charge in [-0.15, -0.1) is 0 Å². The topological polar surface area (TPSA) is 50.1 Å². The van der Waals surface area contributed by atoms with Crippen LogP contribution in [0.3, 0.4) is 0 Å². The molecule has 0 N–H and O–H groups in total. The molecule has 0 bridgehead atoms. The van der Waals surface area contributed by atoms with E-state index in [0.29, 0.717) is 23.5 Å². The number of rotatable bonds is 1. The average Bonchev–Trinajstić information content (AvgIpc) is 3.20. The lowest BCUT2D eigenvalue weighted by molar-refractivity contribution is -0.135. The van der Waals surface area contributed by atoms with E-state index in [1.54, 1.807) is 0 Å². The van der Waals surface area contributed by atoms with Crippen LogP contribution in [0.4, 0.5) is 0 Å². The Morgan fingerprint density at radius 1 is 0.963 bits per heavy atom. The summed E-state index contributed by atoms with van der Waals surface area (Å²) >= 11 is 0. The van der Waals surface area contributed by atoms with Crippen LogP contribution in [0.2, 0.25) is 0 Å². The summed E-state index contributed by atoms with van der Waals surface area (Å²) in [5, 5.41) is 9.49. The molecule has 1 heterocycles. The van der Waals surface area contributed by atoms with Crippen molar-refractivity contribution in [2.24, 2.45) is 40.4 Å². The van der Waals surface area contributed by atoms with Gasteiger partial charge in [0.2, 0.25) is 0 Å². The lowest BCUT2D eigenvalue weighted by Gasteiger charge is -2.60. The second kappa shape index (κ2) is 6.10. The molecule has 0 saturated heterocycles. The molecule has 3 heteroatoms. The predicted molar refractivity (Wildman–Crippen MR) is 103 cm³/mol. The number of esters is 1. The zero-order valence-electron chi connectivity index (χ0n) is 16.9. The Kier molecular flexibility index (Phi) is 4.01. The Morgan fingerprint density at radius 2 is 1.78 bits per heavy atom. The van der Waals surface area contributed by atoms with Gasteiger partial charge >= 0.3 is 5.97 Å². The Balaban J connectivity index is 1.46. The maximum Gasteiger partial charge on any atom is 0.349 e. The monoisotopic (exact) mass is 367 g/mol. The van der Waals surface area contributed by atoms with Gasteiger partial charge in [0.1, 0.15) is 18.2 Å². The van der Waals surface area contributed by atoms with Gasteiger partial charge in [-0.1, -0.05) is 26.7 Å². The van der Waals surface area contributed by atoms with Gasteiger partial charge in [-0.05, 0) is 97.4 Å². The number of carbonyl (C=O) groups excluding carboxylic acids is 1. The zero-order valence-corrected chi connectivity index (χ0v) is 16.9. The van der Waals surface area contributed by atoms with E-state index >= 15 is 0 Å². The molecule has 1 aliphatic heterocycles. The summed E-state index contributed by atoms with van der Waals surface area (Å²) in [4.78, 5) is 12.0. The molecule has 0 radical (unpaired) electrons. The van der Waals surface area contributed by atoms with E-state index in [9.17, 15) is 10.1 Å². The van der Waals surface area contributed by atoms with E-state index in [4.69, 9.17) is 4.74 Å². The first-order chi connectivity index (χ1) is 13.0. The summed E-state index contributed by atoms with van der Waals surface area (Å²) in [6.07, 6.45) is 13.7. The molecule has 146 valence electrons. The van der Waals surface area contributed by atoms with Crippen molar-refractivity contribution in [1.29, 1.82) is 5.26 Å². The van der Waals surface area contributed by atoms with Crippen molar-refractivity contribution in [3.05, 3.63) is 11.1 Å². The lowest BCUT2D eigenvalue weighted by atomic mass is 9.44. The third kappa shape index (κ3) is 2.34. The number of hydrogen-bond acceptors (Lipinski definition) is 3. The fraction of sp³-hybridized carbons (Fsp3) is 0.833. The molecular weight excluding hydrogens is 334 g/mol. The number of hydrogen-bond donors (Lipinski definition) is 0. The number of nitriles is 1. The summed E-state index contributed by atoms with van der Waals surface area (Å²) in [6, 6.07) is 2.16. The highest BCUT2D eigenvalue weighted by molar-refractivity contribution is 5.96. The van der Waals surface area contributed by atoms with Crippen LogP contribution < -0.4 is 0 Å². The summed E-state index contributed by atoms with van der Waals surface area (Å²) in [5.41, 5.74) is 2.18. The second-order valence-corrected chi connectivity index (χ2v) is 10.7. The quantitative estimate of drug-likeness (QED) is 0.582. The molecule has 4 saturated carbocycles. The van der Waals surface area contributed by atoms with Gasteiger partial charge in [0.25, 0.3) is 0 Å². The lowest BCUT2D eigenvalue weighted by Crippen LogP contribution is -2.52. The van der Waals surface area contributed by atoms with Crippen molar-refractivity contribution in [3.63, 3.8) is 0 Å². The third-order valence-corrected chi connectivity index (χ3v) is 10.00. The first-order valence-corrected chi connectivity index (χ1v) is 11.3. The van der Waals surface area contributed by atoms with Crippen LogP contribution in [0.25, 0.3) is 0 Å². The van der Waals surface area contributed by atoms with Gasteiger partial charge in [-0.2, -0.15) is 5.26 Å². The summed E-state index contributed by atoms with van der Waals surface area (Å²) < 4.78 is 5.26. The molecular formula is C24H33NO2. The second-order valence-electron chi connectivity index (χ2n) is 10.7. The van der Waals surface area contributed by atoms with Gasteiger partial charge in [0, 0.05) is 0 Å². The Morgan fingerprint density at radius 3 is 2.59 bits per heavy atom. The Labute approximate surface area is 163 Å². The first kappa shape index (κ1) is 17.8. The molecule has 4 fully saturated rings. The summed E-state index contributed by atoms with van der Waals surface area (Å²) in [5.74, 6) is 3.48. The van der Waals surface area contributed by atoms with Crippen LogP contribution in [-0.4, -0.2) is 12.6 Å². The van der Waals surface area contributed by atoms with E-state index in [1.165, 1.54) is 57.8 Å². The molecule has 0 aromatic heterocycles. The van der Waals surface area contributed by atoms with Crippen molar-refractivity contribution < 1.29 is 9.53 Å². The predicted octanol–water partition coefficient (Wildman–Crippen LogP) is 5.41. The number of nitrogens with zero attached hydrogens (tertiary/aromatic N) is 1. The van der Waals surface area contributed by atoms with E-state index in [-0.39, 0.29) is 11.4 Å². The van der Waals surface area contributed by atoms with Crippen LogP contribution in [0, 0.1) is 51.8 Å². The largest absolute Gasteiger partial charge is 0.457 e. The molecule has 0 spiro atoms. The van der Waals surface area contributed by atoms with Gasteiger partial charge in [0.05, 0.1) is 0 Å². The first-order valence-electron chi connectivity index (χ1n) is 11.3. The Hall–Kier alpha value is -1.30. The molecule has 0 aromatic rings. The van der Waals surface area contributed by atoms with E-state index in [2.05, 4.69) is 19.9 Å². The van der Waals surface area contributed by atoms with E-state index in [1.807, 2.05) is 0 Å². The fourth-order valence-corrected chi connectivity index (χ4v) is 8.68. The van der Waals surface area contributed by atoms with E-state index < -0.39 is 0 Å². The van der Waals surface area contributed by atoms with Crippen molar-refractivity contribution in [1.82, 2.24) is 0 Å². The minimum atomic E-state index is -0.386. The highest BCUT2D eigenvalue weighted by Gasteiger charge is 2.60. The van der Waals surface area contributed by atoms with Crippen LogP contribution in [0.1, 0.15) is 78.1 Å². The molecule has 7 atom stereocenters. The number of carbonyl (C=O) groups is 1. The van der Waals surface area contributed by atoms with Gasteiger partial charge in [-0.3, -0.25) is 0 Å². The molecule has 4 aliphatic carbocycles. The van der Waals surface area contributed by atoms with Crippen LogP contribution in [-0.2, 0) is 9.53 Å². The van der Waals surface area contributed by atoms with Gasteiger partial charge in [0.15, 0.2) is 0 Å². The molecule has 0 amide bonds. The fourth-order valence-electron chi connectivity index (χ4n) is 8.68. The minimum absolute atomic E-state index is 0.254. The molecule has 3 nitrogen and oxygen atoms in total. The standard InChI is InChI=1S/C24H33NO2/c1-23-11-4-3-5-15(23)6-7-16-19-8-9-20(24(19,2)12-10-21(16)23)18-14-27-22(26)17(18)13-25/h15-16,19-21H,3-12,14H2,1-2H3/t15-,16-,19+,20+,21-,23-,24-/m0/s1. The molecule has 27 heavy (non-hydrogen) atoms. The number of fused-ring (bicyclic) bond motifs is 5. The van der Waals surface area contributed by atoms with Gasteiger partial charge in [-0.25, -0.2) is 4.79 Å². The molecule has 0 aromatic carbocycles. The third-order valence-electron chi connectivity index (χ3n) is 10.00. The normalized spacial score (nSPS) is 49.1. The van der Waals surface area contributed by atoms with Crippen LogP contribution >= 0.6 is 0 Å². The van der Waals surface area contributed by atoms with Crippen molar-refractivity contribution in [2.45, 2.75) is 78.1 Å². The number of cyclic esters (lactones) is 1. The van der Waals surface area contributed by atoms with Crippen molar-refractivity contribution in [2.75, 3.05) is 6.61 Å². The zero-order chi connectivity index (χ0) is 18.8. The highest BCUT2D eigenvalue weighted by Crippen LogP contribution is 2.68. The molecule has 5 rings (SSSR count). The summed E-state index contributed by atoms with van der Waals surface area (Å²) in [7, 11) is 0. The van der Waals surface area contributed by atoms with Crippen molar-refractivity contribution in [3.8, 4) is 6.07 Å². The van der Waals surface area contributed by atoms with E-state index in [0.717, 1.165) is 35.7 Å². The minimum Gasteiger partial charge on any atom is -0.457 e. The highest BCUT2D eigenvalue weighted by atomic mass is 16.5. The maximum absolute atomic E-state index is 12.0. The smallest absolute Gasteiger partial charge is 0.349 e. The molecule has 5 aliphatic rings. The average molecular weight is 368 g/mol. The number of ether oxygens (including phenoxy) is 1. The SMILES string of the molecule is C[C@]12CCCC[C@H]1CC[C@H]1[C@H]3CC[C@H](C4=C(C#N)C(=O)OC4)[C@@]3(C)CC[C@@H]12. The maximum atomic E-state index is 12.0. The van der Waals surface area contributed by atoms with Crippen LogP contribution in [0.15, 0.2) is 11.1 Å². The van der Waals surface area contributed by atoms with Crippen LogP contribution in [0.5, 0.6) is 0 Å². The Bertz CT molecular complexity index is 733. The van der Waals surface area contributed by atoms with Crippen molar-refractivity contribution >= 4 is 5.97 Å². The van der Waals surface area contributed by atoms with Gasteiger partial charge < -0.3 is 4.74 Å².